The van der Waals surface area contributed by atoms with E-state index in [0.717, 1.165) is 24.6 Å². The van der Waals surface area contributed by atoms with Crippen LogP contribution in [-0.2, 0) is 0 Å². The molecule has 0 bridgehead atoms. The number of rotatable bonds is 5. The maximum Gasteiger partial charge on any atom is 0.251 e. The Labute approximate surface area is 127 Å². The Morgan fingerprint density at radius 2 is 1.86 bits per heavy atom. The summed E-state index contributed by atoms with van der Waals surface area (Å²) >= 11 is 0. The lowest BCUT2D eigenvalue weighted by Gasteiger charge is -2.09. The van der Waals surface area contributed by atoms with Crippen LogP contribution >= 0.6 is 0 Å². The van der Waals surface area contributed by atoms with Gasteiger partial charge in [-0.2, -0.15) is 0 Å². The molecule has 0 radical (unpaired) electrons. The number of hydrogen-bond acceptors (Lipinski definition) is 3. The summed E-state index contributed by atoms with van der Waals surface area (Å²) in [6, 6.07) is 3.65. The summed E-state index contributed by atoms with van der Waals surface area (Å²) < 4.78 is 0. The Bertz CT molecular complexity index is 535. The summed E-state index contributed by atoms with van der Waals surface area (Å²) in [4.78, 5) is 16.7. The molecule has 4 heteroatoms. The predicted octanol–water partition coefficient (Wildman–Crippen LogP) is 3.23. The molecule has 1 amide bonds. The van der Waals surface area contributed by atoms with Crippen molar-refractivity contribution in [2.45, 2.75) is 41.5 Å². The highest BCUT2D eigenvalue weighted by molar-refractivity contribution is 5.95. The molecule has 1 aromatic heterocycles. The van der Waals surface area contributed by atoms with E-state index in [-0.39, 0.29) is 5.91 Å². The third kappa shape index (κ3) is 2.89. The minimum absolute atomic E-state index is 0.0156. The molecule has 0 aliphatic heterocycles. The fourth-order valence-electron chi connectivity index (χ4n) is 3.21. The van der Waals surface area contributed by atoms with E-state index in [1.165, 1.54) is 0 Å². The highest BCUT2D eigenvalue weighted by Gasteiger charge is 2.64. The van der Waals surface area contributed by atoms with Gasteiger partial charge in [-0.1, -0.05) is 27.7 Å². The number of anilines is 1. The third-order valence-electron chi connectivity index (χ3n) is 5.36. The summed E-state index contributed by atoms with van der Waals surface area (Å²) in [7, 11) is 0. The molecule has 0 saturated heterocycles. The van der Waals surface area contributed by atoms with Crippen molar-refractivity contribution >= 4 is 11.7 Å². The van der Waals surface area contributed by atoms with Crippen LogP contribution in [0.4, 0.5) is 5.82 Å². The van der Waals surface area contributed by atoms with E-state index < -0.39 is 0 Å². The number of pyridine rings is 1. The highest BCUT2D eigenvalue weighted by Crippen LogP contribution is 2.67. The molecular formula is C17H27N3O. The van der Waals surface area contributed by atoms with Crippen molar-refractivity contribution in [3.8, 4) is 0 Å². The molecule has 0 spiro atoms. The first-order chi connectivity index (χ1) is 9.70. The lowest BCUT2D eigenvalue weighted by Crippen LogP contribution is -2.27. The summed E-state index contributed by atoms with van der Waals surface area (Å²) in [5.74, 6) is 1.28. The molecule has 2 rings (SSSR count). The first-order valence-corrected chi connectivity index (χ1v) is 7.71. The zero-order valence-corrected chi connectivity index (χ0v) is 14.0. The summed E-state index contributed by atoms with van der Waals surface area (Å²) in [6.45, 7) is 14.5. The predicted molar refractivity (Wildman–Crippen MR) is 86.5 cm³/mol. The van der Waals surface area contributed by atoms with Crippen LogP contribution in [0.1, 0.15) is 50.7 Å². The molecule has 2 N–H and O–H groups in total. The van der Waals surface area contributed by atoms with E-state index >= 15 is 0 Å². The second kappa shape index (κ2) is 5.32. The largest absolute Gasteiger partial charge is 0.370 e. The number of nitrogens with zero attached hydrogens (tertiary/aromatic N) is 1. The number of nitrogens with one attached hydrogen (secondary N) is 2. The molecule has 0 unspecified atom stereocenters. The van der Waals surface area contributed by atoms with Crippen molar-refractivity contribution in [1.29, 1.82) is 0 Å². The fraction of sp³-hybridized carbons (Fsp3) is 0.647. The van der Waals surface area contributed by atoms with Gasteiger partial charge in [-0.3, -0.25) is 4.79 Å². The van der Waals surface area contributed by atoms with Gasteiger partial charge in [0.1, 0.15) is 5.82 Å². The average Bonchev–Trinajstić information content (AvgIpc) is 2.76. The lowest BCUT2D eigenvalue weighted by atomic mass is 10.0. The number of aryl methyl sites for hydroxylation is 1. The Kier molecular flexibility index (Phi) is 4.00. The van der Waals surface area contributed by atoms with Gasteiger partial charge in [0.05, 0.1) is 0 Å². The van der Waals surface area contributed by atoms with Crippen molar-refractivity contribution < 1.29 is 4.79 Å². The van der Waals surface area contributed by atoms with Crippen molar-refractivity contribution in [1.82, 2.24) is 10.3 Å². The molecule has 1 aromatic rings. The molecule has 0 aromatic carbocycles. The fourth-order valence-corrected chi connectivity index (χ4v) is 3.21. The smallest absolute Gasteiger partial charge is 0.251 e. The van der Waals surface area contributed by atoms with Crippen LogP contribution in [0.15, 0.2) is 12.1 Å². The lowest BCUT2D eigenvalue weighted by molar-refractivity contribution is 0.0949. The van der Waals surface area contributed by atoms with Gasteiger partial charge in [-0.25, -0.2) is 4.98 Å². The molecule has 1 saturated carbocycles. The second-order valence-corrected chi connectivity index (χ2v) is 7.12. The normalized spacial score (nSPS) is 19.1. The van der Waals surface area contributed by atoms with Gasteiger partial charge in [0.2, 0.25) is 0 Å². The number of amides is 1. The van der Waals surface area contributed by atoms with Crippen molar-refractivity contribution in [2.75, 3.05) is 18.4 Å². The van der Waals surface area contributed by atoms with E-state index in [1.807, 2.05) is 26.0 Å². The minimum atomic E-state index is -0.0156. The summed E-state index contributed by atoms with van der Waals surface area (Å²) in [6.07, 6.45) is 0. The topological polar surface area (TPSA) is 54.0 Å². The van der Waals surface area contributed by atoms with Crippen LogP contribution in [0.3, 0.4) is 0 Å². The number of carbonyl (C=O) groups excluding carboxylic acids is 1. The molecule has 0 atom stereocenters. The first kappa shape index (κ1) is 15.8. The van der Waals surface area contributed by atoms with Gasteiger partial charge in [-0.05, 0) is 42.7 Å². The Hall–Kier alpha value is -1.58. The quantitative estimate of drug-likeness (QED) is 0.875. The maximum absolute atomic E-state index is 12.3. The molecular weight excluding hydrogens is 262 g/mol. The summed E-state index contributed by atoms with van der Waals surface area (Å²) in [5, 5.41) is 6.23. The van der Waals surface area contributed by atoms with Crippen molar-refractivity contribution in [2.24, 2.45) is 16.7 Å². The van der Waals surface area contributed by atoms with E-state index in [0.29, 0.717) is 22.3 Å². The number of aromatic nitrogens is 1. The van der Waals surface area contributed by atoms with E-state index in [2.05, 4.69) is 43.3 Å². The summed E-state index contributed by atoms with van der Waals surface area (Å²) in [5.41, 5.74) is 2.12. The molecule has 21 heavy (non-hydrogen) atoms. The third-order valence-corrected chi connectivity index (χ3v) is 5.36. The van der Waals surface area contributed by atoms with Crippen LogP contribution in [0, 0.1) is 23.7 Å². The molecule has 116 valence electrons. The van der Waals surface area contributed by atoms with Gasteiger partial charge in [0, 0.05) is 24.3 Å². The van der Waals surface area contributed by atoms with Crippen molar-refractivity contribution in [3.05, 3.63) is 23.4 Å². The SMILES string of the molecule is CCNc1cc(C(=O)NCC2C(C)(C)C2(C)C)cc(C)n1. The molecule has 1 heterocycles. The van der Waals surface area contributed by atoms with Crippen LogP contribution in [0.2, 0.25) is 0 Å². The van der Waals surface area contributed by atoms with Crippen molar-refractivity contribution in [3.63, 3.8) is 0 Å². The zero-order chi connectivity index (χ0) is 15.8. The van der Waals surface area contributed by atoms with Gasteiger partial charge in [-0.15, -0.1) is 0 Å². The first-order valence-electron chi connectivity index (χ1n) is 7.71. The Morgan fingerprint density at radius 3 is 2.38 bits per heavy atom. The van der Waals surface area contributed by atoms with Crippen LogP contribution in [0.5, 0.6) is 0 Å². The second-order valence-electron chi connectivity index (χ2n) is 7.12. The monoisotopic (exact) mass is 289 g/mol. The van der Waals surface area contributed by atoms with Crippen LogP contribution < -0.4 is 10.6 Å². The van der Waals surface area contributed by atoms with Gasteiger partial charge in [0.15, 0.2) is 0 Å². The van der Waals surface area contributed by atoms with Crippen LogP contribution in [0.25, 0.3) is 0 Å². The maximum atomic E-state index is 12.3. The number of hydrogen-bond donors (Lipinski definition) is 2. The highest BCUT2D eigenvalue weighted by atomic mass is 16.1. The van der Waals surface area contributed by atoms with E-state index in [4.69, 9.17) is 0 Å². The Morgan fingerprint density at radius 1 is 1.24 bits per heavy atom. The van der Waals surface area contributed by atoms with Gasteiger partial charge < -0.3 is 10.6 Å². The van der Waals surface area contributed by atoms with Gasteiger partial charge in [0.25, 0.3) is 5.91 Å². The average molecular weight is 289 g/mol. The molecule has 1 fully saturated rings. The standard InChI is InChI=1S/C17H27N3O/c1-7-18-14-9-12(8-11(2)20-14)15(21)19-10-13-16(3,4)17(13,5)6/h8-9,13H,7,10H2,1-6H3,(H,18,20)(H,19,21). The van der Waals surface area contributed by atoms with E-state index in [9.17, 15) is 4.79 Å². The molecule has 4 nitrogen and oxygen atoms in total. The molecule has 1 aliphatic carbocycles. The molecule has 1 aliphatic rings. The zero-order valence-electron chi connectivity index (χ0n) is 14.0. The van der Waals surface area contributed by atoms with Crippen LogP contribution in [-0.4, -0.2) is 24.0 Å². The van der Waals surface area contributed by atoms with E-state index in [1.54, 1.807) is 0 Å². The van der Waals surface area contributed by atoms with Gasteiger partial charge >= 0.3 is 0 Å². The minimum Gasteiger partial charge on any atom is -0.370 e. The Balaban J connectivity index is 2.01. The number of carbonyl (C=O) groups is 1.